The third-order valence-electron chi connectivity index (χ3n) is 3.72. The number of aromatic nitrogens is 3. The number of fused-ring (bicyclic) bond motifs is 1. The Hall–Kier alpha value is -2.71. The highest BCUT2D eigenvalue weighted by Crippen LogP contribution is 2.23. The number of carbonyl (C=O) groups is 1. The molecule has 0 atom stereocenters. The summed E-state index contributed by atoms with van der Waals surface area (Å²) in [5.41, 5.74) is 1.79. The van der Waals surface area contributed by atoms with Crippen molar-refractivity contribution in [3.8, 4) is 0 Å². The second-order valence-electron chi connectivity index (χ2n) is 5.74. The fourth-order valence-electron chi connectivity index (χ4n) is 2.48. The molecule has 1 amide bonds. The number of anilines is 1. The van der Waals surface area contributed by atoms with Crippen LogP contribution in [0.4, 0.5) is 5.69 Å². The predicted molar refractivity (Wildman–Crippen MR) is 107 cm³/mol. The van der Waals surface area contributed by atoms with Gasteiger partial charge in [0.2, 0.25) is 11.8 Å². The van der Waals surface area contributed by atoms with Crippen LogP contribution in [0, 0.1) is 0 Å². The highest BCUT2D eigenvalue weighted by molar-refractivity contribution is 7.99. The second kappa shape index (κ2) is 8.32. The zero-order valence-electron chi connectivity index (χ0n) is 14.3. The van der Waals surface area contributed by atoms with Gasteiger partial charge in [0.1, 0.15) is 0 Å². The lowest BCUT2D eigenvalue weighted by Crippen LogP contribution is -2.13. The van der Waals surface area contributed by atoms with E-state index in [1.165, 1.54) is 16.5 Å². The molecule has 0 saturated heterocycles. The highest BCUT2D eigenvalue weighted by atomic mass is 32.2. The summed E-state index contributed by atoms with van der Waals surface area (Å²) in [6.07, 6.45) is 1.38. The van der Waals surface area contributed by atoms with Crippen LogP contribution in [0.3, 0.4) is 0 Å². The summed E-state index contributed by atoms with van der Waals surface area (Å²) < 4.78 is 6.80. The lowest BCUT2D eigenvalue weighted by atomic mass is 10.3. The van der Waals surface area contributed by atoms with E-state index in [9.17, 15) is 4.79 Å². The van der Waals surface area contributed by atoms with Crippen molar-refractivity contribution in [1.82, 2.24) is 15.2 Å². The number of rotatable bonds is 7. The summed E-state index contributed by atoms with van der Waals surface area (Å²) in [7, 11) is 0. The molecule has 0 aliphatic rings. The number of thiazole rings is 1. The molecule has 27 heavy (non-hydrogen) atoms. The first-order valence-electron chi connectivity index (χ1n) is 8.41. The maximum Gasteiger partial charge on any atom is 0.277 e. The lowest BCUT2D eigenvalue weighted by molar-refractivity contribution is -0.113. The first-order chi connectivity index (χ1) is 13.3. The number of hydrogen-bond donors (Lipinski definition) is 1. The van der Waals surface area contributed by atoms with E-state index >= 15 is 0 Å². The maximum atomic E-state index is 12.0. The minimum atomic E-state index is -0.111. The van der Waals surface area contributed by atoms with E-state index in [0.29, 0.717) is 17.5 Å². The van der Waals surface area contributed by atoms with Gasteiger partial charge in [-0.2, -0.15) is 0 Å². The number of carbonyl (C=O) groups excluding carboxylic acids is 1. The quantitative estimate of drug-likeness (QED) is 0.472. The molecule has 0 bridgehead atoms. The Kier molecular flexibility index (Phi) is 5.45. The van der Waals surface area contributed by atoms with Crippen LogP contribution < -0.4 is 5.32 Å². The Morgan fingerprint density at radius 2 is 1.85 bits per heavy atom. The van der Waals surface area contributed by atoms with Crippen molar-refractivity contribution in [2.24, 2.45) is 0 Å². The first kappa shape index (κ1) is 17.7. The molecule has 136 valence electrons. The van der Waals surface area contributed by atoms with Crippen LogP contribution in [0.2, 0.25) is 0 Å². The molecule has 1 N–H and O–H groups in total. The van der Waals surface area contributed by atoms with Crippen LogP contribution in [0.15, 0.2) is 64.2 Å². The Morgan fingerprint density at radius 1 is 1.04 bits per heavy atom. The van der Waals surface area contributed by atoms with Crippen molar-refractivity contribution in [1.29, 1.82) is 0 Å². The third kappa shape index (κ3) is 4.72. The molecule has 8 heteroatoms. The van der Waals surface area contributed by atoms with Crippen LogP contribution in [0.25, 0.3) is 10.2 Å². The van der Waals surface area contributed by atoms with Gasteiger partial charge >= 0.3 is 0 Å². The maximum absolute atomic E-state index is 12.0. The van der Waals surface area contributed by atoms with Crippen LogP contribution >= 0.6 is 23.1 Å². The van der Waals surface area contributed by atoms with Crippen molar-refractivity contribution in [3.05, 3.63) is 65.5 Å². The van der Waals surface area contributed by atoms with Crippen LogP contribution in [0.5, 0.6) is 0 Å². The van der Waals surface area contributed by atoms with Crippen molar-refractivity contribution >= 4 is 44.9 Å². The fourth-order valence-corrected chi connectivity index (χ4v) is 4.03. The molecule has 0 fully saturated rings. The van der Waals surface area contributed by atoms with Crippen LogP contribution in [-0.2, 0) is 17.6 Å². The normalized spacial score (nSPS) is 11.0. The molecule has 4 aromatic rings. The molecule has 0 aliphatic carbocycles. The van der Waals surface area contributed by atoms with E-state index in [4.69, 9.17) is 4.42 Å². The molecule has 4 rings (SSSR count). The van der Waals surface area contributed by atoms with E-state index in [2.05, 4.69) is 26.6 Å². The highest BCUT2D eigenvalue weighted by Gasteiger charge is 2.11. The fraction of sp³-hybridized carbons (Fsp3) is 0.158. The van der Waals surface area contributed by atoms with Gasteiger partial charge in [0.05, 0.1) is 21.0 Å². The number of hydrogen-bond acceptors (Lipinski definition) is 7. The van der Waals surface area contributed by atoms with Gasteiger partial charge in [-0.1, -0.05) is 42.1 Å². The average molecular weight is 396 g/mol. The molecule has 0 saturated carbocycles. The van der Waals surface area contributed by atoms with Gasteiger partial charge in [0.25, 0.3) is 5.22 Å². The van der Waals surface area contributed by atoms with Crippen molar-refractivity contribution in [2.75, 3.05) is 11.1 Å². The molecule has 0 spiro atoms. The number of benzene rings is 2. The van der Waals surface area contributed by atoms with Gasteiger partial charge in [-0.15, -0.1) is 21.5 Å². The van der Waals surface area contributed by atoms with E-state index < -0.39 is 0 Å². The van der Waals surface area contributed by atoms with Crippen LogP contribution in [0.1, 0.15) is 10.9 Å². The molecule has 2 heterocycles. The predicted octanol–water partition coefficient (Wildman–Crippen LogP) is 4.20. The van der Waals surface area contributed by atoms with Crippen molar-refractivity contribution < 1.29 is 9.21 Å². The Bertz CT molecular complexity index is 1010. The molecule has 2 aromatic heterocycles. The number of nitrogens with one attached hydrogen (secondary N) is 1. The molecule has 0 unspecified atom stereocenters. The standard InChI is InChI=1S/C19H16N4O2S2/c24-16(20-13-6-2-1-3-7-13)12-26-19-23-22-17(25-19)10-11-18-21-14-8-4-5-9-15(14)27-18/h1-9H,10-12H2,(H,20,24). The summed E-state index contributed by atoms with van der Waals surface area (Å²) in [6.45, 7) is 0. The van der Waals surface area contributed by atoms with Crippen molar-refractivity contribution in [3.63, 3.8) is 0 Å². The van der Waals surface area contributed by atoms with Crippen LogP contribution in [-0.4, -0.2) is 26.8 Å². The van der Waals surface area contributed by atoms with Gasteiger partial charge in [0, 0.05) is 18.5 Å². The molecule has 0 radical (unpaired) electrons. The number of nitrogens with zero attached hydrogens (tertiary/aromatic N) is 3. The molecular weight excluding hydrogens is 380 g/mol. The van der Waals surface area contributed by atoms with Gasteiger partial charge in [0.15, 0.2) is 0 Å². The van der Waals surface area contributed by atoms with E-state index in [1.54, 1.807) is 11.3 Å². The third-order valence-corrected chi connectivity index (χ3v) is 5.64. The van der Waals surface area contributed by atoms with E-state index in [1.807, 2.05) is 48.5 Å². The summed E-state index contributed by atoms with van der Waals surface area (Å²) >= 11 is 2.91. The molecule has 2 aromatic carbocycles. The van der Waals surface area contributed by atoms with Gasteiger partial charge < -0.3 is 9.73 Å². The smallest absolute Gasteiger partial charge is 0.277 e. The summed E-state index contributed by atoms with van der Waals surface area (Å²) in [5, 5.41) is 12.3. The average Bonchev–Trinajstić information content (AvgIpc) is 3.32. The SMILES string of the molecule is O=C(CSc1nnc(CCc2nc3ccccc3s2)o1)Nc1ccccc1. The Labute approximate surface area is 164 Å². The van der Waals surface area contributed by atoms with Gasteiger partial charge in [-0.3, -0.25) is 4.79 Å². The summed E-state index contributed by atoms with van der Waals surface area (Å²) in [4.78, 5) is 16.6. The monoisotopic (exact) mass is 396 g/mol. The number of para-hydroxylation sites is 2. The number of thioether (sulfide) groups is 1. The zero-order valence-corrected chi connectivity index (χ0v) is 15.9. The second-order valence-corrected chi connectivity index (χ2v) is 7.78. The molecular formula is C19H16N4O2S2. The summed E-state index contributed by atoms with van der Waals surface area (Å²) in [5.74, 6) is 0.662. The van der Waals surface area contributed by atoms with E-state index in [-0.39, 0.29) is 11.7 Å². The molecule has 0 aliphatic heterocycles. The topological polar surface area (TPSA) is 80.9 Å². The van der Waals surface area contributed by atoms with Gasteiger partial charge in [-0.05, 0) is 24.3 Å². The summed E-state index contributed by atoms with van der Waals surface area (Å²) in [6, 6.07) is 17.4. The van der Waals surface area contributed by atoms with Crippen molar-refractivity contribution in [2.45, 2.75) is 18.1 Å². The zero-order chi connectivity index (χ0) is 18.5. The minimum absolute atomic E-state index is 0.111. The number of aryl methyl sites for hydroxylation is 2. The number of amides is 1. The minimum Gasteiger partial charge on any atom is -0.416 e. The first-order valence-corrected chi connectivity index (χ1v) is 10.2. The Morgan fingerprint density at radius 3 is 2.70 bits per heavy atom. The Balaban J connectivity index is 1.27. The largest absolute Gasteiger partial charge is 0.416 e. The lowest BCUT2D eigenvalue weighted by Gasteiger charge is -2.02. The molecule has 6 nitrogen and oxygen atoms in total. The van der Waals surface area contributed by atoms with E-state index in [0.717, 1.165) is 22.6 Å². The van der Waals surface area contributed by atoms with Gasteiger partial charge in [-0.25, -0.2) is 4.98 Å².